The standard InChI is InChI=1S/C22H19Cl2N5O3S/c1-12(2)29-10-15(18-21(25)26-11-27-22(18)29)19(30)13-5-3-6-14(9-13)28-33(31,32)20-16(23)7-4-8-17(20)24/h3-12,28H,1-2H3,(H2,25,26,27). The number of anilines is 2. The Morgan fingerprint density at radius 2 is 1.76 bits per heavy atom. The van der Waals surface area contributed by atoms with Gasteiger partial charge in [-0.2, -0.15) is 0 Å². The summed E-state index contributed by atoms with van der Waals surface area (Å²) >= 11 is 12.1. The smallest absolute Gasteiger partial charge is 0.264 e. The minimum Gasteiger partial charge on any atom is -0.383 e. The molecule has 0 amide bonds. The highest BCUT2D eigenvalue weighted by molar-refractivity contribution is 7.93. The number of halogens is 2. The van der Waals surface area contributed by atoms with Crippen molar-refractivity contribution < 1.29 is 13.2 Å². The first-order valence-electron chi connectivity index (χ1n) is 9.82. The normalized spacial score (nSPS) is 11.8. The monoisotopic (exact) mass is 503 g/mol. The van der Waals surface area contributed by atoms with Crippen LogP contribution in [0.5, 0.6) is 0 Å². The number of rotatable bonds is 6. The number of carbonyl (C=O) groups excluding carboxylic acids is 1. The van der Waals surface area contributed by atoms with Crippen molar-refractivity contribution in [2.75, 3.05) is 10.5 Å². The highest BCUT2D eigenvalue weighted by atomic mass is 35.5. The molecular weight excluding hydrogens is 485 g/mol. The van der Waals surface area contributed by atoms with Gasteiger partial charge in [-0.15, -0.1) is 0 Å². The van der Waals surface area contributed by atoms with Crippen molar-refractivity contribution in [3.63, 3.8) is 0 Å². The molecule has 0 aliphatic rings. The molecule has 0 bridgehead atoms. The summed E-state index contributed by atoms with van der Waals surface area (Å²) in [5.74, 6) is -0.161. The number of hydrogen-bond donors (Lipinski definition) is 2. The summed E-state index contributed by atoms with van der Waals surface area (Å²) in [6.07, 6.45) is 3.03. The lowest BCUT2D eigenvalue weighted by molar-refractivity contribution is 0.104. The molecule has 0 radical (unpaired) electrons. The Bertz CT molecular complexity index is 1480. The first-order chi connectivity index (χ1) is 15.6. The molecule has 4 aromatic rings. The summed E-state index contributed by atoms with van der Waals surface area (Å²) in [6, 6.07) is 10.5. The van der Waals surface area contributed by atoms with Crippen LogP contribution in [0.2, 0.25) is 10.0 Å². The van der Waals surface area contributed by atoms with Crippen LogP contribution in [-0.2, 0) is 10.0 Å². The fourth-order valence-electron chi connectivity index (χ4n) is 3.50. The SMILES string of the molecule is CC(C)n1cc(C(=O)c2cccc(NS(=O)(=O)c3c(Cl)cccc3Cl)c2)c2c(N)ncnc21. The Labute approximate surface area is 200 Å². The number of nitrogens with one attached hydrogen (secondary N) is 1. The van der Waals surface area contributed by atoms with E-state index in [-0.39, 0.29) is 43.8 Å². The molecule has 4 rings (SSSR count). The largest absolute Gasteiger partial charge is 0.383 e. The van der Waals surface area contributed by atoms with Crippen LogP contribution in [0.3, 0.4) is 0 Å². The average Bonchev–Trinajstić information content (AvgIpc) is 3.14. The fraction of sp³-hybridized carbons (Fsp3) is 0.136. The van der Waals surface area contributed by atoms with Gasteiger partial charge in [-0.25, -0.2) is 18.4 Å². The lowest BCUT2D eigenvalue weighted by atomic mass is 10.0. The van der Waals surface area contributed by atoms with Crippen LogP contribution in [0.15, 0.2) is 59.9 Å². The van der Waals surface area contributed by atoms with Crippen molar-refractivity contribution in [1.29, 1.82) is 0 Å². The van der Waals surface area contributed by atoms with Gasteiger partial charge < -0.3 is 10.3 Å². The van der Waals surface area contributed by atoms with E-state index in [1.54, 1.807) is 24.4 Å². The molecule has 2 aromatic heterocycles. The number of hydrogen-bond acceptors (Lipinski definition) is 6. The molecule has 8 nitrogen and oxygen atoms in total. The summed E-state index contributed by atoms with van der Waals surface area (Å²) in [6.45, 7) is 3.92. The zero-order valence-corrected chi connectivity index (χ0v) is 19.9. The molecule has 0 spiro atoms. The highest BCUT2D eigenvalue weighted by Gasteiger charge is 2.24. The molecule has 33 heavy (non-hydrogen) atoms. The topological polar surface area (TPSA) is 120 Å². The number of nitrogen functional groups attached to an aromatic ring is 1. The van der Waals surface area contributed by atoms with E-state index in [1.165, 1.54) is 30.6 Å². The molecular formula is C22H19Cl2N5O3S. The van der Waals surface area contributed by atoms with Gasteiger partial charge in [0.25, 0.3) is 10.0 Å². The second-order valence-electron chi connectivity index (χ2n) is 7.57. The Balaban J connectivity index is 1.74. The van der Waals surface area contributed by atoms with Crippen LogP contribution < -0.4 is 10.5 Å². The average molecular weight is 504 g/mol. The van der Waals surface area contributed by atoms with Crippen LogP contribution in [0.4, 0.5) is 11.5 Å². The van der Waals surface area contributed by atoms with Crippen LogP contribution in [0, 0.1) is 0 Å². The number of ketones is 1. The Morgan fingerprint density at radius 3 is 2.42 bits per heavy atom. The van der Waals surface area contributed by atoms with E-state index in [9.17, 15) is 13.2 Å². The summed E-state index contributed by atoms with van der Waals surface area (Å²) in [5.41, 5.74) is 7.36. The van der Waals surface area contributed by atoms with E-state index < -0.39 is 10.0 Å². The number of fused-ring (bicyclic) bond motifs is 1. The zero-order chi connectivity index (χ0) is 23.9. The molecule has 170 valence electrons. The minimum atomic E-state index is -4.10. The molecule has 2 aromatic carbocycles. The summed E-state index contributed by atoms with van der Waals surface area (Å²) < 4.78 is 30.1. The highest BCUT2D eigenvalue weighted by Crippen LogP contribution is 2.32. The number of benzene rings is 2. The lowest BCUT2D eigenvalue weighted by Crippen LogP contribution is -2.14. The number of sulfonamides is 1. The van der Waals surface area contributed by atoms with E-state index in [4.69, 9.17) is 28.9 Å². The van der Waals surface area contributed by atoms with Gasteiger partial charge in [0.1, 0.15) is 22.7 Å². The molecule has 3 N–H and O–H groups in total. The van der Waals surface area contributed by atoms with E-state index in [0.717, 1.165) is 0 Å². The molecule has 0 fully saturated rings. The van der Waals surface area contributed by atoms with Gasteiger partial charge in [0.2, 0.25) is 0 Å². The van der Waals surface area contributed by atoms with E-state index in [0.29, 0.717) is 16.6 Å². The van der Waals surface area contributed by atoms with E-state index in [1.807, 2.05) is 18.4 Å². The summed E-state index contributed by atoms with van der Waals surface area (Å²) in [4.78, 5) is 21.5. The van der Waals surface area contributed by atoms with Gasteiger partial charge in [0.05, 0.1) is 21.0 Å². The Morgan fingerprint density at radius 1 is 1.09 bits per heavy atom. The fourth-order valence-corrected chi connectivity index (χ4v) is 5.69. The van der Waals surface area contributed by atoms with Crippen LogP contribution in [0.25, 0.3) is 11.0 Å². The predicted molar refractivity (Wildman–Crippen MR) is 129 cm³/mol. The quantitative estimate of drug-likeness (QED) is 0.359. The number of nitrogens with two attached hydrogens (primary N) is 1. The molecule has 0 aliphatic carbocycles. The second-order valence-corrected chi connectivity index (χ2v) is 10.0. The summed E-state index contributed by atoms with van der Waals surface area (Å²) in [5, 5.41) is 0.420. The number of nitrogens with zero attached hydrogens (tertiary/aromatic N) is 3. The van der Waals surface area contributed by atoms with Gasteiger partial charge in [-0.05, 0) is 38.1 Å². The second kappa shape index (κ2) is 8.66. The van der Waals surface area contributed by atoms with Crippen molar-refractivity contribution in [3.05, 3.63) is 76.2 Å². The third kappa shape index (κ3) is 4.27. The predicted octanol–water partition coefficient (Wildman–Crippen LogP) is 4.93. The Hall–Kier alpha value is -3.14. The van der Waals surface area contributed by atoms with Crippen LogP contribution in [-0.4, -0.2) is 28.7 Å². The van der Waals surface area contributed by atoms with Gasteiger partial charge in [-0.3, -0.25) is 9.52 Å². The lowest BCUT2D eigenvalue weighted by Gasteiger charge is -2.11. The van der Waals surface area contributed by atoms with Crippen molar-refractivity contribution in [3.8, 4) is 0 Å². The molecule has 0 atom stereocenters. The molecule has 0 aliphatic heterocycles. The van der Waals surface area contributed by atoms with Crippen molar-refractivity contribution in [1.82, 2.24) is 14.5 Å². The minimum absolute atomic E-state index is 0.0146. The summed E-state index contributed by atoms with van der Waals surface area (Å²) in [7, 11) is -4.10. The maximum absolute atomic E-state index is 13.4. The molecule has 11 heteroatoms. The maximum Gasteiger partial charge on any atom is 0.264 e. The molecule has 0 saturated heterocycles. The number of aromatic nitrogens is 3. The van der Waals surface area contributed by atoms with E-state index >= 15 is 0 Å². The van der Waals surface area contributed by atoms with Crippen LogP contribution >= 0.6 is 23.2 Å². The third-order valence-electron chi connectivity index (χ3n) is 5.00. The van der Waals surface area contributed by atoms with Gasteiger partial charge >= 0.3 is 0 Å². The first kappa shape index (κ1) is 23.0. The van der Waals surface area contributed by atoms with Gasteiger partial charge in [0.15, 0.2) is 5.78 Å². The molecule has 0 saturated carbocycles. The molecule has 2 heterocycles. The first-order valence-corrected chi connectivity index (χ1v) is 12.1. The maximum atomic E-state index is 13.4. The van der Waals surface area contributed by atoms with Crippen LogP contribution in [0.1, 0.15) is 35.8 Å². The van der Waals surface area contributed by atoms with Gasteiger partial charge in [-0.1, -0.05) is 41.4 Å². The molecule has 0 unspecified atom stereocenters. The van der Waals surface area contributed by atoms with Crippen molar-refractivity contribution >= 4 is 61.5 Å². The van der Waals surface area contributed by atoms with Crippen molar-refractivity contribution in [2.45, 2.75) is 24.8 Å². The number of carbonyl (C=O) groups is 1. The van der Waals surface area contributed by atoms with Gasteiger partial charge in [0, 0.05) is 23.5 Å². The van der Waals surface area contributed by atoms with E-state index in [2.05, 4.69) is 14.7 Å². The third-order valence-corrected chi connectivity index (χ3v) is 7.34. The Kier molecular flexibility index (Phi) is 6.04. The zero-order valence-electron chi connectivity index (χ0n) is 17.6. The van der Waals surface area contributed by atoms with Crippen molar-refractivity contribution in [2.24, 2.45) is 0 Å².